The highest BCUT2D eigenvalue weighted by Crippen LogP contribution is 2.67. The van der Waals surface area contributed by atoms with Crippen LogP contribution >= 0.6 is 0 Å². The number of rotatable bonds is 5. The molecule has 0 N–H and O–H groups in total. The summed E-state index contributed by atoms with van der Waals surface area (Å²) in [6, 6.07) is 0. The van der Waals surface area contributed by atoms with Crippen molar-refractivity contribution < 1.29 is 9.53 Å². The molecule has 9 atom stereocenters. The zero-order chi connectivity index (χ0) is 20.8. The van der Waals surface area contributed by atoms with Gasteiger partial charge in [0.1, 0.15) is 0 Å². The second-order valence-electron chi connectivity index (χ2n) is 11.7. The van der Waals surface area contributed by atoms with Gasteiger partial charge >= 0.3 is 5.97 Å². The third-order valence-corrected chi connectivity index (χ3v) is 10.5. The highest BCUT2D eigenvalue weighted by atomic mass is 16.5. The van der Waals surface area contributed by atoms with Crippen molar-refractivity contribution in [3.05, 3.63) is 12.2 Å². The van der Waals surface area contributed by atoms with Gasteiger partial charge in [0.25, 0.3) is 0 Å². The van der Waals surface area contributed by atoms with Gasteiger partial charge < -0.3 is 4.74 Å². The predicted molar refractivity (Wildman–Crippen MR) is 119 cm³/mol. The summed E-state index contributed by atoms with van der Waals surface area (Å²) in [6.45, 7) is 10.1. The van der Waals surface area contributed by atoms with E-state index in [1.54, 1.807) is 0 Å². The number of hydrogen-bond donors (Lipinski definition) is 0. The van der Waals surface area contributed by atoms with Crippen molar-refractivity contribution in [1.29, 1.82) is 0 Å². The number of esters is 1. The maximum Gasteiger partial charge on any atom is 0.305 e. The number of methoxy groups -OCH3 is 1. The second kappa shape index (κ2) is 8.04. The van der Waals surface area contributed by atoms with Crippen molar-refractivity contribution in [2.24, 2.45) is 52.3 Å². The number of hydrogen-bond acceptors (Lipinski definition) is 2. The molecule has 4 aliphatic carbocycles. The molecule has 2 nitrogen and oxygen atoms in total. The van der Waals surface area contributed by atoms with Gasteiger partial charge in [0, 0.05) is 6.42 Å². The molecule has 2 unspecified atom stereocenters. The Kier molecular flexibility index (Phi) is 5.95. The molecule has 0 radical (unpaired) electrons. The smallest absolute Gasteiger partial charge is 0.305 e. The Hall–Kier alpha value is -0.790. The van der Waals surface area contributed by atoms with Crippen LogP contribution in [0.15, 0.2) is 12.2 Å². The summed E-state index contributed by atoms with van der Waals surface area (Å²) in [7, 11) is 1.52. The molecule has 2 heteroatoms. The highest BCUT2D eigenvalue weighted by Gasteiger charge is 2.59. The highest BCUT2D eigenvalue weighted by molar-refractivity contribution is 5.69. The van der Waals surface area contributed by atoms with Crippen LogP contribution in [0, 0.1) is 52.3 Å². The van der Waals surface area contributed by atoms with Crippen LogP contribution in [0.2, 0.25) is 0 Å². The molecule has 29 heavy (non-hydrogen) atoms. The Morgan fingerprint density at radius 3 is 2.52 bits per heavy atom. The number of carbonyl (C=O) groups excluding carboxylic acids is 1. The first-order chi connectivity index (χ1) is 13.8. The van der Waals surface area contributed by atoms with E-state index < -0.39 is 0 Å². The van der Waals surface area contributed by atoms with E-state index in [-0.39, 0.29) is 5.97 Å². The zero-order valence-corrected chi connectivity index (χ0v) is 19.6. The maximum atomic E-state index is 11.8. The molecular weight excluding hydrogens is 356 g/mol. The molecule has 3 fully saturated rings. The van der Waals surface area contributed by atoms with Gasteiger partial charge in [-0.2, -0.15) is 0 Å². The maximum absolute atomic E-state index is 11.8. The van der Waals surface area contributed by atoms with Crippen molar-refractivity contribution >= 4 is 5.97 Å². The lowest BCUT2D eigenvalue weighted by molar-refractivity contribution is -0.143. The molecule has 0 aromatic heterocycles. The van der Waals surface area contributed by atoms with Crippen molar-refractivity contribution in [2.45, 2.75) is 91.9 Å². The average Bonchev–Trinajstić information content (AvgIpc) is 3.05. The molecule has 164 valence electrons. The fourth-order valence-electron chi connectivity index (χ4n) is 8.84. The van der Waals surface area contributed by atoms with Gasteiger partial charge in [-0.05, 0) is 97.2 Å². The molecule has 3 saturated carbocycles. The van der Waals surface area contributed by atoms with Gasteiger partial charge in [-0.25, -0.2) is 0 Å². The monoisotopic (exact) mass is 400 g/mol. The molecule has 0 aromatic rings. The Bertz CT molecular complexity index is 638. The summed E-state index contributed by atoms with van der Waals surface area (Å²) in [5.74, 6) is 5.52. The lowest BCUT2D eigenvalue weighted by atomic mass is 9.45. The van der Waals surface area contributed by atoms with Crippen molar-refractivity contribution in [1.82, 2.24) is 0 Å². The van der Waals surface area contributed by atoms with Crippen LogP contribution in [0.25, 0.3) is 0 Å². The number of fused-ring (bicyclic) bond motifs is 5. The zero-order valence-electron chi connectivity index (χ0n) is 19.6. The van der Waals surface area contributed by atoms with E-state index in [4.69, 9.17) is 4.74 Å². The summed E-state index contributed by atoms with van der Waals surface area (Å²) in [6.07, 6.45) is 18.1. The van der Waals surface area contributed by atoms with Crippen LogP contribution in [-0.4, -0.2) is 13.1 Å². The van der Waals surface area contributed by atoms with E-state index >= 15 is 0 Å². The first-order valence-electron chi connectivity index (χ1n) is 12.6. The Balaban J connectivity index is 1.52. The van der Waals surface area contributed by atoms with Crippen LogP contribution in [0.1, 0.15) is 91.9 Å². The minimum absolute atomic E-state index is 0.0251. The number of allylic oxidation sites excluding steroid dienone is 2. The molecule has 0 amide bonds. The lowest BCUT2D eigenvalue weighted by Gasteiger charge is -2.59. The summed E-state index contributed by atoms with van der Waals surface area (Å²) in [4.78, 5) is 11.8. The summed E-state index contributed by atoms with van der Waals surface area (Å²) < 4.78 is 4.95. The van der Waals surface area contributed by atoms with Crippen molar-refractivity contribution in [3.63, 3.8) is 0 Å². The number of ether oxygens (including phenoxy) is 1. The van der Waals surface area contributed by atoms with Crippen molar-refractivity contribution in [3.8, 4) is 0 Å². The molecule has 0 heterocycles. The largest absolute Gasteiger partial charge is 0.469 e. The van der Waals surface area contributed by atoms with E-state index in [2.05, 4.69) is 39.8 Å². The van der Waals surface area contributed by atoms with Gasteiger partial charge in [0.05, 0.1) is 7.11 Å². The van der Waals surface area contributed by atoms with Crippen LogP contribution in [-0.2, 0) is 9.53 Å². The fraction of sp³-hybridized carbons (Fsp3) is 0.889. The van der Waals surface area contributed by atoms with Gasteiger partial charge in [-0.3, -0.25) is 4.79 Å². The minimum Gasteiger partial charge on any atom is -0.469 e. The number of carbonyl (C=O) groups is 1. The topological polar surface area (TPSA) is 26.3 Å². The van der Waals surface area contributed by atoms with Crippen LogP contribution in [0.3, 0.4) is 0 Å². The fourth-order valence-corrected chi connectivity index (χ4v) is 8.84. The normalized spacial score (nSPS) is 47.1. The first-order valence-corrected chi connectivity index (χ1v) is 12.6. The standard InChI is InChI=1S/C27H44O2/c1-6-7-18(2)22-10-11-23-21-9-8-20-16-19(17-25(28)29-5)12-14-26(20,3)24(21)13-15-27(22,23)4/h8-9,18-24H,6-7,10-17H2,1-5H3/t18-,19?,20?,21+,22-,23+,24+,26+,27-/m1/s1. The van der Waals surface area contributed by atoms with E-state index in [0.29, 0.717) is 29.1 Å². The molecule has 0 aromatic carbocycles. The van der Waals surface area contributed by atoms with Gasteiger partial charge in [-0.15, -0.1) is 0 Å². The molecular formula is C27H44O2. The predicted octanol–water partition coefficient (Wildman–Crippen LogP) is 7.04. The van der Waals surface area contributed by atoms with Crippen molar-refractivity contribution in [2.75, 3.05) is 7.11 Å². The molecule has 0 saturated heterocycles. The molecule has 4 aliphatic rings. The summed E-state index contributed by atoms with van der Waals surface area (Å²) in [5.41, 5.74) is 1.01. The van der Waals surface area contributed by atoms with Gasteiger partial charge in [0.15, 0.2) is 0 Å². The van der Waals surface area contributed by atoms with Gasteiger partial charge in [0.2, 0.25) is 0 Å². The third-order valence-electron chi connectivity index (χ3n) is 10.5. The summed E-state index contributed by atoms with van der Waals surface area (Å²) in [5, 5.41) is 0. The van der Waals surface area contributed by atoms with Crippen LogP contribution in [0.5, 0.6) is 0 Å². The molecule has 0 aliphatic heterocycles. The Morgan fingerprint density at radius 2 is 1.79 bits per heavy atom. The van der Waals surface area contributed by atoms with E-state index in [0.717, 1.165) is 29.6 Å². The van der Waals surface area contributed by atoms with Crippen LogP contribution < -0.4 is 0 Å². The van der Waals surface area contributed by atoms with E-state index in [9.17, 15) is 4.79 Å². The summed E-state index contributed by atoms with van der Waals surface area (Å²) >= 11 is 0. The van der Waals surface area contributed by atoms with Crippen LogP contribution in [0.4, 0.5) is 0 Å². The second-order valence-corrected chi connectivity index (χ2v) is 11.7. The first kappa shape index (κ1) is 21.4. The quantitative estimate of drug-likeness (QED) is 0.365. The Labute approximate surface area is 179 Å². The minimum atomic E-state index is -0.0251. The SMILES string of the molecule is CCC[C@@H](C)[C@H]1CC[C@H]2[C@@H]3C=CC4CC(CC(=O)OC)CC[C@]4(C)[C@H]3CC[C@]12C. The third kappa shape index (κ3) is 3.51. The lowest BCUT2D eigenvalue weighted by Crippen LogP contribution is -2.52. The molecule has 0 spiro atoms. The van der Waals surface area contributed by atoms with E-state index in [1.807, 2.05) is 0 Å². The van der Waals surface area contributed by atoms with E-state index in [1.165, 1.54) is 64.9 Å². The average molecular weight is 401 g/mol. The molecule has 0 bridgehead atoms. The molecule has 4 rings (SSSR count). The van der Waals surface area contributed by atoms with Gasteiger partial charge in [-0.1, -0.05) is 52.7 Å². The Morgan fingerprint density at radius 1 is 1.07 bits per heavy atom.